The van der Waals surface area contributed by atoms with Gasteiger partial charge in [-0.05, 0) is 60.7 Å². The van der Waals surface area contributed by atoms with Gasteiger partial charge < -0.3 is 9.47 Å². The van der Waals surface area contributed by atoms with Crippen LogP contribution < -0.4 is 9.64 Å². The van der Waals surface area contributed by atoms with E-state index >= 15 is 0 Å². The molecule has 0 atom stereocenters. The van der Waals surface area contributed by atoms with Crippen LogP contribution in [0.5, 0.6) is 5.75 Å². The number of carbonyl (C=O) groups is 5. The van der Waals surface area contributed by atoms with Crippen molar-refractivity contribution in [3.05, 3.63) is 129 Å². The number of hydrogen-bond donors (Lipinski definition) is 0. The second-order valence-electron chi connectivity index (χ2n) is 8.56. The highest BCUT2D eigenvalue weighted by Crippen LogP contribution is 2.33. The normalized spacial score (nSPS) is 12.2. The minimum Gasteiger partial charge on any atom is -0.454 e. The smallest absolute Gasteiger partial charge is 0.343 e. The molecule has 0 aliphatic carbocycles. The molecule has 0 saturated carbocycles. The quantitative estimate of drug-likeness (QED) is 0.114. The largest absolute Gasteiger partial charge is 0.454 e. The van der Waals surface area contributed by atoms with Crippen molar-refractivity contribution in [1.82, 2.24) is 0 Å². The Kier molecular flexibility index (Phi) is 7.46. The second kappa shape index (κ2) is 11.1. The van der Waals surface area contributed by atoms with Gasteiger partial charge in [-0.2, -0.15) is 0 Å². The number of anilines is 1. The molecule has 0 spiro atoms. The Labute approximate surface area is 237 Å². The Bertz CT molecular complexity index is 1700. The second-order valence-corrected chi connectivity index (χ2v) is 9.37. The Hall–Kier alpha value is -4.79. The van der Waals surface area contributed by atoms with E-state index in [1.54, 1.807) is 42.5 Å². The van der Waals surface area contributed by atoms with Crippen molar-refractivity contribution in [2.24, 2.45) is 0 Å². The number of Topliss-reactive ketones (excluding diaryl/α,β-unsaturated/α-hetero) is 1. The first kappa shape index (κ1) is 26.8. The van der Waals surface area contributed by atoms with E-state index in [0.29, 0.717) is 5.56 Å². The third-order valence-electron chi connectivity index (χ3n) is 6.02. The number of benzene rings is 4. The van der Waals surface area contributed by atoms with Crippen molar-refractivity contribution in [2.45, 2.75) is 0 Å². The number of hydrogen-bond acceptors (Lipinski definition) is 7. The molecule has 1 heterocycles. The minimum atomic E-state index is -0.886. The van der Waals surface area contributed by atoms with Crippen LogP contribution >= 0.6 is 23.2 Å². The number of imide groups is 1. The van der Waals surface area contributed by atoms with Crippen LogP contribution in [-0.2, 0) is 4.74 Å². The summed E-state index contributed by atoms with van der Waals surface area (Å²) in [6, 6.07) is 22.6. The molecule has 2 amide bonds. The van der Waals surface area contributed by atoms with Crippen LogP contribution in [0.3, 0.4) is 0 Å². The maximum absolute atomic E-state index is 13.0. The van der Waals surface area contributed by atoms with Crippen molar-refractivity contribution in [2.75, 3.05) is 11.5 Å². The van der Waals surface area contributed by atoms with Crippen LogP contribution in [-0.4, -0.2) is 36.1 Å². The summed E-state index contributed by atoms with van der Waals surface area (Å²) in [4.78, 5) is 64.9. The van der Waals surface area contributed by atoms with E-state index in [1.165, 1.54) is 48.5 Å². The molecule has 5 rings (SSSR count). The highest BCUT2D eigenvalue weighted by atomic mass is 35.5. The van der Waals surface area contributed by atoms with E-state index < -0.39 is 36.1 Å². The lowest BCUT2D eigenvalue weighted by atomic mass is 10.1. The molecule has 0 N–H and O–H groups in total. The monoisotopic (exact) mass is 573 g/mol. The number of fused-ring (bicyclic) bond motifs is 1. The Morgan fingerprint density at radius 2 is 1.38 bits per heavy atom. The summed E-state index contributed by atoms with van der Waals surface area (Å²) in [5, 5.41) is 0.430. The van der Waals surface area contributed by atoms with Crippen LogP contribution in [0, 0.1) is 0 Å². The van der Waals surface area contributed by atoms with Gasteiger partial charge in [0.2, 0.25) is 5.78 Å². The molecule has 8 nitrogen and oxygen atoms in total. The highest BCUT2D eigenvalue weighted by molar-refractivity contribution is 6.42. The molecule has 1 aliphatic heterocycles. The minimum absolute atomic E-state index is 0.00461. The van der Waals surface area contributed by atoms with Crippen LogP contribution in [0.1, 0.15) is 51.8 Å². The van der Waals surface area contributed by atoms with Crippen LogP contribution in [0.4, 0.5) is 5.69 Å². The molecular formula is C30H17Cl2NO7. The summed E-state index contributed by atoms with van der Waals surface area (Å²) in [5.74, 6) is -3.37. The molecule has 1 aliphatic rings. The standard InChI is InChI=1S/C30H17Cl2NO7/c31-23-13-11-19(15-24(23)32)33-27(35)20-12-10-18(14-22(20)28(33)36)29(37)39-16-25(34)21-8-4-5-9-26(21)40-30(38)17-6-2-1-3-7-17/h1-15H,16H2. The van der Waals surface area contributed by atoms with E-state index in [0.717, 1.165) is 4.90 Å². The molecule has 198 valence electrons. The summed E-state index contributed by atoms with van der Waals surface area (Å²) >= 11 is 12.0. The van der Waals surface area contributed by atoms with Crippen LogP contribution in [0.15, 0.2) is 91.0 Å². The van der Waals surface area contributed by atoms with Crippen molar-refractivity contribution in [3.63, 3.8) is 0 Å². The fraction of sp³-hybridized carbons (Fsp3) is 0.0333. The maximum atomic E-state index is 13.0. The maximum Gasteiger partial charge on any atom is 0.343 e. The van der Waals surface area contributed by atoms with E-state index in [9.17, 15) is 24.0 Å². The third-order valence-corrected chi connectivity index (χ3v) is 6.76. The summed E-state index contributed by atoms with van der Waals surface area (Å²) < 4.78 is 10.6. The van der Waals surface area contributed by atoms with Gasteiger partial charge in [0.05, 0.1) is 43.5 Å². The first-order valence-corrected chi connectivity index (χ1v) is 12.5. The highest BCUT2D eigenvalue weighted by Gasteiger charge is 2.37. The van der Waals surface area contributed by atoms with Gasteiger partial charge in [-0.3, -0.25) is 14.4 Å². The van der Waals surface area contributed by atoms with Crippen molar-refractivity contribution < 1.29 is 33.4 Å². The topological polar surface area (TPSA) is 107 Å². The number of halogens is 2. The van der Waals surface area contributed by atoms with Gasteiger partial charge in [-0.1, -0.05) is 53.5 Å². The van der Waals surface area contributed by atoms with E-state index in [4.69, 9.17) is 32.7 Å². The van der Waals surface area contributed by atoms with E-state index in [1.807, 2.05) is 0 Å². The Morgan fingerprint density at radius 1 is 0.675 bits per heavy atom. The number of para-hydroxylation sites is 1. The van der Waals surface area contributed by atoms with Crippen LogP contribution in [0.2, 0.25) is 10.0 Å². The molecule has 40 heavy (non-hydrogen) atoms. The predicted molar refractivity (Wildman–Crippen MR) is 146 cm³/mol. The molecule has 0 bridgehead atoms. The number of carbonyl (C=O) groups excluding carboxylic acids is 5. The SMILES string of the molecule is O=C(OCC(=O)c1ccccc1OC(=O)c1ccccc1)c1ccc2c(c1)C(=O)N(c1ccc(Cl)c(Cl)c1)C2=O. The summed E-state index contributed by atoms with van der Waals surface area (Å²) in [7, 11) is 0. The van der Waals surface area contributed by atoms with Crippen molar-refractivity contribution in [3.8, 4) is 5.75 Å². The van der Waals surface area contributed by atoms with E-state index in [-0.39, 0.29) is 43.7 Å². The van der Waals surface area contributed by atoms with Gasteiger partial charge in [0.25, 0.3) is 11.8 Å². The number of rotatable bonds is 7. The zero-order chi connectivity index (χ0) is 28.4. The predicted octanol–water partition coefficient (Wildman–Crippen LogP) is 6.05. The lowest BCUT2D eigenvalue weighted by Gasteiger charge is -2.14. The van der Waals surface area contributed by atoms with Gasteiger partial charge >= 0.3 is 11.9 Å². The molecule has 0 radical (unpaired) electrons. The third kappa shape index (κ3) is 5.22. The zero-order valence-corrected chi connectivity index (χ0v) is 21.9. The molecule has 4 aromatic rings. The number of ketones is 1. The average Bonchev–Trinajstić information content (AvgIpc) is 3.22. The Morgan fingerprint density at radius 3 is 2.12 bits per heavy atom. The van der Waals surface area contributed by atoms with Gasteiger partial charge in [-0.15, -0.1) is 0 Å². The molecule has 0 fully saturated rings. The van der Waals surface area contributed by atoms with Crippen molar-refractivity contribution >= 4 is 58.4 Å². The van der Waals surface area contributed by atoms with Crippen LogP contribution in [0.25, 0.3) is 0 Å². The molecular weight excluding hydrogens is 557 g/mol. The van der Waals surface area contributed by atoms with Gasteiger partial charge in [0, 0.05) is 0 Å². The molecule has 4 aromatic carbocycles. The zero-order valence-electron chi connectivity index (χ0n) is 20.4. The molecule has 0 aromatic heterocycles. The summed E-state index contributed by atoms with van der Waals surface area (Å²) in [6.07, 6.45) is 0. The van der Waals surface area contributed by atoms with E-state index in [2.05, 4.69) is 0 Å². The summed E-state index contributed by atoms with van der Waals surface area (Å²) in [5.41, 5.74) is 0.632. The lowest BCUT2D eigenvalue weighted by Crippen LogP contribution is -2.29. The molecule has 10 heteroatoms. The number of amides is 2. The Balaban J connectivity index is 1.28. The number of ether oxygens (including phenoxy) is 2. The van der Waals surface area contributed by atoms with Gasteiger partial charge in [-0.25, -0.2) is 14.5 Å². The lowest BCUT2D eigenvalue weighted by molar-refractivity contribution is 0.0472. The van der Waals surface area contributed by atoms with Crippen molar-refractivity contribution in [1.29, 1.82) is 0 Å². The fourth-order valence-corrected chi connectivity index (χ4v) is 4.33. The fourth-order valence-electron chi connectivity index (χ4n) is 4.04. The average molecular weight is 574 g/mol. The van der Waals surface area contributed by atoms with Gasteiger partial charge in [0.15, 0.2) is 6.61 Å². The number of nitrogens with zero attached hydrogens (tertiary/aromatic N) is 1. The molecule has 0 saturated heterocycles. The summed E-state index contributed by atoms with van der Waals surface area (Å²) in [6.45, 7) is -0.655. The number of esters is 2. The van der Waals surface area contributed by atoms with Gasteiger partial charge in [0.1, 0.15) is 5.75 Å². The molecule has 0 unspecified atom stereocenters. The first-order chi connectivity index (χ1) is 19.2. The first-order valence-electron chi connectivity index (χ1n) is 11.8.